The first-order chi connectivity index (χ1) is 7.18. The molecule has 0 radical (unpaired) electrons. The van der Waals surface area contributed by atoms with E-state index < -0.39 is 5.97 Å². The van der Waals surface area contributed by atoms with Crippen LogP contribution in [0.3, 0.4) is 0 Å². The Labute approximate surface area is 99.3 Å². The first kappa shape index (κ1) is 10.4. The highest BCUT2D eigenvalue weighted by molar-refractivity contribution is 9.10. The molecule has 0 bridgehead atoms. The zero-order valence-corrected chi connectivity index (χ0v) is 9.97. The van der Waals surface area contributed by atoms with Crippen LogP contribution in [-0.4, -0.2) is 5.97 Å². The fraction of sp³-hybridized carbons (Fsp3) is 0. The van der Waals surface area contributed by atoms with Gasteiger partial charge in [0.2, 0.25) is 0 Å². The largest absolute Gasteiger partial charge is 0.544 e. The monoisotopic (exact) mass is 281 g/mol. The van der Waals surface area contributed by atoms with Gasteiger partial charge in [0.15, 0.2) is 0 Å². The summed E-state index contributed by atoms with van der Waals surface area (Å²) in [5.41, 5.74) is 1.01. The van der Waals surface area contributed by atoms with Crippen LogP contribution in [0.15, 0.2) is 40.9 Å². The number of aromatic carboxylic acids is 1. The van der Waals surface area contributed by atoms with E-state index >= 15 is 0 Å². The van der Waals surface area contributed by atoms with E-state index in [0.717, 1.165) is 10.4 Å². The minimum atomic E-state index is -1.14. The molecule has 0 aliphatic rings. The van der Waals surface area contributed by atoms with Gasteiger partial charge in [-0.25, -0.2) is 0 Å². The summed E-state index contributed by atoms with van der Waals surface area (Å²) in [6.45, 7) is 0. The molecule has 0 fully saturated rings. The molecular weight excluding hydrogens is 276 g/mol. The van der Waals surface area contributed by atoms with Crippen molar-refractivity contribution in [3.05, 3.63) is 45.7 Å². The molecular formula is C11H6BrO2S-. The molecule has 0 atom stereocenters. The molecule has 1 heterocycles. The lowest BCUT2D eigenvalue weighted by atomic mass is 10.2. The maximum atomic E-state index is 10.7. The van der Waals surface area contributed by atoms with Gasteiger partial charge in [-0.05, 0) is 27.6 Å². The Balaban J connectivity index is 2.48. The van der Waals surface area contributed by atoms with Crippen molar-refractivity contribution >= 4 is 33.2 Å². The molecule has 0 amide bonds. The number of thiophene rings is 1. The second kappa shape index (κ2) is 4.16. The van der Waals surface area contributed by atoms with Crippen molar-refractivity contribution in [2.75, 3.05) is 0 Å². The maximum absolute atomic E-state index is 10.7. The third-order valence-electron chi connectivity index (χ3n) is 1.93. The van der Waals surface area contributed by atoms with Crippen LogP contribution in [0.5, 0.6) is 0 Å². The first-order valence-electron chi connectivity index (χ1n) is 4.24. The third-order valence-corrected chi connectivity index (χ3v) is 3.98. The van der Waals surface area contributed by atoms with Gasteiger partial charge in [0.1, 0.15) is 0 Å². The number of benzene rings is 1. The highest BCUT2D eigenvalue weighted by Crippen LogP contribution is 2.34. The molecule has 15 heavy (non-hydrogen) atoms. The van der Waals surface area contributed by atoms with Gasteiger partial charge in [-0.3, -0.25) is 0 Å². The number of carbonyl (C=O) groups is 1. The van der Waals surface area contributed by atoms with Crippen LogP contribution < -0.4 is 5.11 Å². The van der Waals surface area contributed by atoms with E-state index in [-0.39, 0.29) is 4.88 Å². The molecule has 0 aliphatic carbocycles. The van der Waals surface area contributed by atoms with Crippen molar-refractivity contribution in [3.63, 3.8) is 0 Å². The summed E-state index contributed by atoms with van der Waals surface area (Å²) >= 11 is 4.42. The Morgan fingerprint density at radius 2 is 1.93 bits per heavy atom. The molecule has 0 saturated heterocycles. The minimum Gasteiger partial charge on any atom is -0.544 e. The van der Waals surface area contributed by atoms with Crippen LogP contribution in [0, 0.1) is 0 Å². The Bertz CT molecular complexity index is 491. The summed E-state index contributed by atoms with van der Waals surface area (Å²) in [4.78, 5) is 11.9. The standard InChI is InChI=1S/C11H7BrO2S/c12-8-6-9(15-10(8)11(13)14)7-4-2-1-3-5-7/h1-6H,(H,13,14)/p-1. The Morgan fingerprint density at radius 1 is 1.27 bits per heavy atom. The third kappa shape index (κ3) is 2.11. The summed E-state index contributed by atoms with van der Waals surface area (Å²) in [5, 5.41) is 10.7. The van der Waals surface area contributed by atoms with Gasteiger partial charge < -0.3 is 9.90 Å². The van der Waals surface area contributed by atoms with Crippen molar-refractivity contribution in [2.45, 2.75) is 0 Å². The summed E-state index contributed by atoms with van der Waals surface area (Å²) in [6.07, 6.45) is 0. The number of hydrogen-bond donors (Lipinski definition) is 0. The highest BCUT2D eigenvalue weighted by Gasteiger charge is 2.08. The summed E-state index contributed by atoms with van der Waals surface area (Å²) in [7, 11) is 0. The van der Waals surface area contributed by atoms with Gasteiger partial charge >= 0.3 is 0 Å². The van der Waals surface area contributed by atoms with Gasteiger partial charge in [-0.2, -0.15) is 0 Å². The molecule has 76 valence electrons. The van der Waals surface area contributed by atoms with Crippen LogP contribution in [-0.2, 0) is 0 Å². The van der Waals surface area contributed by atoms with Gasteiger partial charge in [0.05, 0.1) is 10.8 Å². The van der Waals surface area contributed by atoms with E-state index in [9.17, 15) is 9.90 Å². The van der Waals surface area contributed by atoms with Gasteiger partial charge in [0.25, 0.3) is 0 Å². The van der Waals surface area contributed by atoms with Gasteiger partial charge in [-0.15, -0.1) is 11.3 Å². The molecule has 0 saturated carbocycles. The topological polar surface area (TPSA) is 40.1 Å². The average Bonchev–Trinajstić information content (AvgIpc) is 2.62. The van der Waals surface area contributed by atoms with Crippen LogP contribution >= 0.6 is 27.3 Å². The molecule has 2 rings (SSSR count). The smallest absolute Gasteiger partial charge is 0.0826 e. The number of carbonyl (C=O) groups excluding carboxylic acids is 1. The predicted octanol–water partition coefficient (Wildman–Crippen LogP) is 2.54. The zero-order chi connectivity index (χ0) is 10.8. The fourth-order valence-electron chi connectivity index (χ4n) is 1.25. The Morgan fingerprint density at radius 3 is 2.47 bits per heavy atom. The lowest BCUT2D eigenvalue weighted by Crippen LogP contribution is -2.21. The second-order valence-corrected chi connectivity index (χ2v) is 4.85. The van der Waals surface area contributed by atoms with Crippen molar-refractivity contribution in [2.24, 2.45) is 0 Å². The van der Waals surface area contributed by atoms with Crippen molar-refractivity contribution in [1.82, 2.24) is 0 Å². The molecule has 0 spiro atoms. The van der Waals surface area contributed by atoms with Crippen molar-refractivity contribution in [1.29, 1.82) is 0 Å². The van der Waals surface area contributed by atoms with E-state index in [2.05, 4.69) is 15.9 Å². The molecule has 4 heteroatoms. The van der Waals surface area contributed by atoms with Gasteiger partial charge in [0, 0.05) is 9.35 Å². The second-order valence-electron chi connectivity index (χ2n) is 2.94. The summed E-state index contributed by atoms with van der Waals surface area (Å²) in [5.74, 6) is -1.14. The van der Waals surface area contributed by atoms with Gasteiger partial charge in [-0.1, -0.05) is 30.3 Å². The molecule has 1 aromatic carbocycles. The molecule has 0 aliphatic heterocycles. The normalized spacial score (nSPS) is 10.2. The average molecular weight is 282 g/mol. The molecule has 2 nitrogen and oxygen atoms in total. The van der Waals surface area contributed by atoms with Crippen LogP contribution in [0.25, 0.3) is 10.4 Å². The molecule has 0 N–H and O–H groups in total. The summed E-state index contributed by atoms with van der Waals surface area (Å²) < 4.78 is 0.575. The fourth-order valence-corrected chi connectivity index (χ4v) is 2.93. The SMILES string of the molecule is O=C([O-])c1sc(-c2ccccc2)cc1Br. The van der Waals surface area contributed by atoms with E-state index in [1.807, 2.05) is 30.3 Å². The lowest BCUT2D eigenvalue weighted by Gasteiger charge is -1.97. The summed E-state index contributed by atoms with van der Waals surface area (Å²) in [6, 6.07) is 11.4. The zero-order valence-electron chi connectivity index (χ0n) is 7.57. The number of hydrogen-bond acceptors (Lipinski definition) is 3. The lowest BCUT2D eigenvalue weighted by molar-refractivity contribution is -0.254. The van der Waals surface area contributed by atoms with E-state index in [0.29, 0.717) is 4.47 Å². The Hall–Kier alpha value is -1.13. The maximum Gasteiger partial charge on any atom is 0.0826 e. The number of halogens is 1. The first-order valence-corrected chi connectivity index (χ1v) is 5.85. The van der Waals surface area contributed by atoms with Crippen molar-refractivity contribution in [3.8, 4) is 10.4 Å². The van der Waals surface area contributed by atoms with Crippen LogP contribution in [0.2, 0.25) is 0 Å². The van der Waals surface area contributed by atoms with Crippen LogP contribution in [0.4, 0.5) is 0 Å². The van der Waals surface area contributed by atoms with Crippen molar-refractivity contribution < 1.29 is 9.90 Å². The van der Waals surface area contributed by atoms with Crippen LogP contribution in [0.1, 0.15) is 9.67 Å². The predicted molar refractivity (Wildman–Crippen MR) is 61.8 cm³/mol. The Kier molecular flexibility index (Phi) is 2.88. The van der Waals surface area contributed by atoms with E-state index in [1.54, 1.807) is 6.07 Å². The minimum absolute atomic E-state index is 0.230. The number of carboxylic acids is 1. The van der Waals surface area contributed by atoms with E-state index in [1.165, 1.54) is 11.3 Å². The van der Waals surface area contributed by atoms with E-state index in [4.69, 9.17) is 0 Å². The highest BCUT2D eigenvalue weighted by atomic mass is 79.9. The molecule has 2 aromatic rings. The quantitative estimate of drug-likeness (QED) is 0.849. The molecule has 1 aromatic heterocycles. The number of carboxylic acid groups (broad SMARTS) is 1. The molecule has 0 unspecified atom stereocenters. The number of rotatable bonds is 2.